The molecular weight excluding hydrogens is 375 g/mol. The van der Waals surface area contributed by atoms with Crippen LogP contribution in [-0.4, -0.2) is 23.4 Å². The molecule has 3 rings (SSSR count). The Kier molecular flexibility index (Phi) is 5.05. The van der Waals surface area contributed by atoms with Gasteiger partial charge < -0.3 is 9.47 Å². The molecule has 1 heterocycles. The highest BCUT2D eigenvalue weighted by atomic mass is 35.5. The molecule has 0 aliphatic heterocycles. The van der Waals surface area contributed by atoms with Crippen LogP contribution in [0.2, 0.25) is 5.02 Å². The van der Waals surface area contributed by atoms with Gasteiger partial charge in [0.2, 0.25) is 0 Å². The van der Waals surface area contributed by atoms with Crippen LogP contribution in [0.3, 0.4) is 0 Å². The lowest BCUT2D eigenvalue weighted by molar-refractivity contribution is 0.394. The van der Waals surface area contributed by atoms with Crippen LogP contribution in [0.25, 0.3) is 16.9 Å². The summed E-state index contributed by atoms with van der Waals surface area (Å²) >= 11 is 6.17. The monoisotopic (exact) mass is 390 g/mol. The molecular formula is C19H16ClFN2O4. The number of hydrogen-bond acceptors (Lipinski definition) is 4. The van der Waals surface area contributed by atoms with Crippen molar-refractivity contribution in [1.82, 2.24) is 9.13 Å². The lowest BCUT2D eigenvalue weighted by Crippen LogP contribution is -2.37. The van der Waals surface area contributed by atoms with Crippen LogP contribution < -0.4 is 20.7 Å². The second kappa shape index (κ2) is 7.28. The van der Waals surface area contributed by atoms with Crippen molar-refractivity contribution in [2.45, 2.75) is 0 Å². The van der Waals surface area contributed by atoms with E-state index in [4.69, 9.17) is 21.1 Å². The fraction of sp³-hybridized carbons (Fsp3) is 0.158. The first-order valence-corrected chi connectivity index (χ1v) is 8.25. The molecule has 0 aliphatic rings. The summed E-state index contributed by atoms with van der Waals surface area (Å²) < 4.78 is 26.2. The van der Waals surface area contributed by atoms with Gasteiger partial charge >= 0.3 is 5.69 Å². The van der Waals surface area contributed by atoms with E-state index >= 15 is 0 Å². The van der Waals surface area contributed by atoms with Crippen molar-refractivity contribution in [1.29, 1.82) is 0 Å². The van der Waals surface area contributed by atoms with Gasteiger partial charge in [0.1, 0.15) is 17.3 Å². The van der Waals surface area contributed by atoms with Gasteiger partial charge in [0.25, 0.3) is 5.56 Å². The van der Waals surface area contributed by atoms with Crippen LogP contribution in [0.1, 0.15) is 0 Å². The number of methoxy groups -OCH3 is 2. The van der Waals surface area contributed by atoms with Gasteiger partial charge in [-0.15, -0.1) is 0 Å². The summed E-state index contributed by atoms with van der Waals surface area (Å²) in [6, 6.07) is 9.91. The topological polar surface area (TPSA) is 62.5 Å². The molecule has 0 radical (unpaired) electrons. The number of halogens is 2. The highest BCUT2D eigenvalue weighted by Crippen LogP contribution is 2.31. The molecule has 8 heteroatoms. The zero-order chi connectivity index (χ0) is 19.7. The molecule has 140 valence electrons. The summed E-state index contributed by atoms with van der Waals surface area (Å²) in [5, 5.41) is 0.0752. The smallest absolute Gasteiger partial charge is 0.335 e. The Labute approximate surface area is 159 Å². The first-order valence-electron chi connectivity index (χ1n) is 7.87. The fourth-order valence-electron chi connectivity index (χ4n) is 2.69. The third kappa shape index (κ3) is 3.46. The highest BCUT2D eigenvalue weighted by Gasteiger charge is 2.17. The van der Waals surface area contributed by atoms with Crippen LogP contribution in [0, 0.1) is 5.82 Å². The van der Waals surface area contributed by atoms with Gasteiger partial charge in [-0.1, -0.05) is 11.6 Å². The predicted molar refractivity (Wildman–Crippen MR) is 101 cm³/mol. The van der Waals surface area contributed by atoms with E-state index in [1.54, 1.807) is 18.2 Å². The van der Waals surface area contributed by atoms with Crippen LogP contribution in [-0.2, 0) is 7.05 Å². The summed E-state index contributed by atoms with van der Waals surface area (Å²) in [5.41, 5.74) is -0.130. The molecule has 0 fully saturated rings. The van der Waals surface area contributed by atoms with Crippen LogP contribution in [0.4, 0.5) is 4.39 Å². The van der Waals surface area contributed by atoms with Crippen molar-refractivity contribution in [3.8, 4) is 28.4 Å². The summed E-state index contributed by atoms with van der Waals surface area (Å²) in [5.74, 6) is 0.395. The first kappa shape index (κ1) is 18.7. The molecule has 27 heavy (non-hydrogen) atoms. The molecule has 0 unspecified atom stereocenters. The Bertz CT molecular complexity index is 1120. The summed E-state index contributed by atoms with van der Waals surface area (Å²) in [7, 11) is 4.34. The van der Waals surface area contributed by atoms with Crippen molar-refractivity contribution in [3.63, 3.8) is 0 Å². The second-order valence-corrected chi connectivity index (χ2v) is 6.15. The molecule has 6 nitrogen and oxygen atoms in total. The van der Waals surface area contributed by atoms with E-state index < -0.39 is 17.1 Å². The van der Waals surface area contributed by atoms with Gasteiger partial charge in [-0.05, 0) is 18.2 Å². The minimum absolute atomic E-state index is 0.0752. The normalized spacial score (nSPS) is 10.7. The molecule has 0 spiro atoms. The summed E-state index contributed by atoms with van der Waals surface area (Å²) in [6.07, 6.45) is 0. The van der Waals surface area contributed by atoms with Gasteiger partial charge in [0, 0.05) is 36.9 Å². The Morgan fingerprint density at radius 1 is 0.963 bits per heavy atom. The number of hydrogen-bond donors (Lipinski definition) is 0. The van der Waals surface area contributed by atoms with E-state index in [0.717, 1.165) is 10.6 Å². The lowest BCUT2D eigenvalue weighted by Gasteiger charge is -2.17. The second-order valence-electron chi connectivity index (χ2n) is 5.74. The van der Waals surface area contributed by atoms with Crippen LogP contribution in [0.5, 0.6) is 11.5 Å². The maximum absolute atomic E-state index is 13.5. The zero-order valence-electron chi connectivity index (χ0n) is 14.8. The lowest BCUT2D eigenvalue weighted by atomic mass is 10.1. The van der Waals surface area contributed by atoms with Crippen LogP contribution in [0.15, 0.2) is 52.1 Å². The standard InChI is InChI=1S/C19H16ClFN2O4/c1-22-18(24)10-17(15-5-4-11(21)6-16(15)20)23(19(22)25)12-7-13(26-2)9-14(8-12)27-3/h4-10H,1-3H3. The predicted octanol–water partition coefficient (Wildman–Crippen LogP) is 3.01. The SMILES string of the molecule is COc1cc(OC)cc(-n2c(-c3ccc(F)cc3Cl)cc(=O)n(C)c2=O)c1. The van der Waals surface area contributed by atoms with Crippen LogP contribution >= 0.6 is 11.6 Å². The van der Waals surface area contributed by atoms with Gasteiger partial charge in [-0.2, -0.15) is 0 Å². The number of nitrogens with zero attached hydrogens (tertiary/aromatic N) is 2. The minimum Gasteiger partial charge on any atom is -0.497 e. The Hall–Kier alpha value is -3.06. The number of ether oxygens (including phenoxy) is 2. The maximum atomic E-state index is 13.5. The van der Waals surface area contributed by atoms with E-state index in [9.17, 15) is 14.0 Å². The first-order chi connectivity index (χ1) is 12.8. The van der Waals surface area contributed by atoms with Gasteiger partial charge in [0.15, 0.2) is 0 Å². The minimum atomic E-state index is -0.590. The molecule has 3 aromatic rings. The molecule has 0 saturated heterocycles. The van der Waals surface area contributed by atoms with E-state index in [0.29, 0.717) is 22.7 Å². The number of rotatable bonds is 4. The van der Waals surface area contributed by atoms with Gasteiger partial charge in [-0.3, -0.25) is 13.9 Å². The highest BCUT2D eigenvalue weighted by molar-refractivity contribution is 6.33. The molecule has 1 aromatic heterocycles. The molecule has 0 saturated carbocycles. The molecule has 0 N–H and O–H groups in total. The van der Waals surface area contributed by atoms with Crippen molar-refractivity contribution in [2.24, 2.45) is 7.05 Å². The third-order valence-electron chi connectivity index (χ3n) is 4.11. The van der Waals surface area contributed by atoms with Crippen molar-refractivity contribution in [2.75, 3.05) is 14.2 Å². The van der Waals surface area contributed by atoms with E-state index in [1.807, 2.05) is 0 Å². The average Bonchev–Trinajstić information content (AvgIpc) is 2.65. The van der Waals surface area contributed by atoms with E-state index in [2.05, 4.69) is 0 Å². The third-order valence-corrected chi connectivity index (χ3v) is 4.42. The summed E-state index contributed by atoms with van der Waals surface area (Å²) in [4.78, 5) is 25.1. The summed E-state index contributed by atoms with van der Waals surface area (Å²) in [6.45, 7) is 0. The molecule has 0 amide bonds. The Morgan fingerprint density at radius 3 is 2.15 bits per heavy atom. The van der Waals surface area contributed by atoms with E-state index in [1.165, 1.54) is 44.0 Å². The quantitative estimate of drug-likeness (QED) is 0.687. The maximum Gasteiger partial charge on any atom is 0.335 e. The molecule has 2 aromatic carbocycles. The number of benzene rings is 2. The van der Waals surface area contributed by atoms with Crippen molar-refractivity contribution in [3.05, 3.63) is 74.1 Å². The number of aromatic nitrogens is 2. The molecule has 0 bridgehead atoms. The van der Waals surface area contributed by atoms with Crippen molar-refractivity contribution < 1.29 is 13.9 Å². The van der Waals surface area contributed by atoms with Crippen molar-refractivity contribution >= 4 is 11.6 Å². The fourth-order valence-corrected chi connectivity index (χ4v) is 2.96. The zero-order valence-corrected chi connectivity index (χ0v) is 15.6. The molecule has 0 atom stereocenters. The molecule has 0 aliphatic carbocycles. The Morgan fingerprint density at radius 2 is 1.59 bits per heavy atom. The van der Waals surface area contributed by atoms with E-state index in [-0.39, 0.29) is 10.7 Å². The average molecular weight is 391 g/mol. The van der Waals surface area contributed by atoms with Gasteiger partial charge in [0.05, 0.1) is 30.6 Å². The Balaban J connectivity index is 2.41. The van der Waals surface area contributed by atoms with Gasteiger partial charge in [-0.25, -0.2) is 9.18 Å². The largest absolute Gasteiger partial charge is 0.497 e.